The quantitative estimate of drug-likeness (QED) is 0.573. The van der Waals surface area contributed by atoms with Crippen LogP contribution < -0.4 is 0 Å². The van der Waals surface area contributed by atoms with Crippen LogP contribution in [0.3, 0.4) is 0 Å². The second-order valence-electron chi connectivity index (χ2n) is 4.76. The molecule has 0 bridgehead atoms. The van der Waals surface area contributed by atoms with Gasteiger partial charge in [0.1, 0.15) is 5.69 Å². The number of hydrogen-bond donors (Lipinski definition) is 1. The fraction of sp³-hybridized carbons (Fsp3) is 0.0625. The third-order valence-electron chi connectivity index (χ3n) is 3.21. The van der Waals surface area contributed by atoms with Crippen molar-refractivity contribution in [2.24, 2.45) is 0 Å². The van der Waals surface area contributed by atoms with E-state index in [9.17, 15) is 13.2 Å². The Hall–Kier alpha value is -1.92. The topological polar surface area (TPSA) is 26.0 Å². The van der Waals surface area contributed by atoms with Crippen molar-refractivity contribution < 1.29 is 17.6 Å². The van der Waals surface area contributed by atoms with E-state index in [1.807, 2.05) is 0 Å². The molecule has 7 heteroatoms. The van der Waals surface area contributed by atoms with E-state index in [-0.39, 0.29) is 5.22 Å². The number of thiol groups is 1. The van der Waals surface area contributed by atoms with Crippen LogP contribution in [-0.4, -0.2) is 4.98 Å². The smallest absolute Gasteiger partial charge is 0.416 e. The van der Waals surface area contributed by atoms with Crippen LogP contribution in [0.15, 0.2) is 58.2 Å². The average molecular weight is 356 g/mol. The molecular formula is C16H9ClF3NOS. The molecule has 2 nitrogen and oxygen atoms in total. The Morgan fingerprint density at radius 2 is 1.48 bits per heavy atom. The van der Waals surface area contributed by atoms with Crippen LogP contribution in [0, 0.1) is 0 Å². The lowest BCUT2D eigenvalue weighted by molar-refractivity contribution is -0.137. The SMILES string of the molecule is FC(F)(F)c1ccc(-c2oc(S)nc2-c2ccc(Cl)cc2)cc1. The summed E-state index contributed by atoms with van der Waals surface area (Å²) in [5, 5.41) is 0.698. The maximum Gasteiger partial charge on any atom is 0.416 e. The van der Waals surface area contributed by atoms with Gasteiger partial charge in [-0.1, -0.05) is 48.5 Å². The van der Waals surface area contributed by atoms with E-state index in [0.29, 0.717) is 22.0 Å². The molecule has 23 heavy (non-hydrogen) atoms. The molecule has 0 aliphatic carbocycles. The maximum absolute atomic E-state index is 12.6. The van der Waals surface area contributed by atoms with E-state index in [2.05, 4.69) is 17.6 Å². The Balaban J connectivity index is 2.05. The van der Waals surface area contributed by atoms with Crippen LogP contribution >= 0.6 is 24.2 Å². The van der Waals surface area contributed by atoms with Crippen LogP contribution in [0.25, 0.3) is 22.6 Å². The molecular weight excluding hydrogens is 347 g/mol. The second-order valence-corrected chi connectivity index (χ2v) is 5.58. The average Bonchev–Trinajstić information content (AvgIpc) is 2.89. The van der Waals surface area contributed by atoms with Gasteiger partial charge in [-0.25, -0.2) is 4.98 Å². The molecule has 2 aromatic carbocycles. The minimum Gasteiger partial charge on any atom is -0.431 e. The highest BCUT2D eigenvalue weighted by Crippen LogP contribution is 2.36. The first-order chi connectivity index (χ1) is 10.8. The molecule has 0 unspecified atom stereocenters. The lowest BCUT2D eigenvalue weighted by Gasteiger charge is -2.07. The fourth-order valence-electron chi connectivity index (χ4n) is 2.12. The molecule has 0 aliphatic rings. The first-order valence-electron chi connectivity index (χ1n) is 6.48. The van der Waals surface area contributed by atoms with E-state index in [1.54, 1.807) is 24.3 Å². The summed E-state index contributed by atoms with van der Waals surface area (Å²) in [6.45, 7) is 0. The molecule has 0 spiro atoms. The lowest BCUT2D eigenvalue weighted by atomic mass is 10.0. The number of halogens is 4. The zero-order valence-electron chi connectivity index (χ0n) is 11.4. The molecule has 0 saturated carbocycles. The summed E-state index contributed by atoms with van der Waals surface area (Å²) >= 11 is 9.93. The van der Waals surface area contributed by atoms with Crippen LogP contribution in [0.1, 0.15) is 5.56 Å². The molecule has 0 fully saturated rings. The number of aromatic nitrogens is 1. The first kappa shape index (κ1) is 16.0. The molecule has 0 aliphatic heterocycles. The molecule has 3 aromatic rings. The van der Waals surface area contributed by atoms with E-state index in [0.717, 1.165) is 17.7 Å². The number of rotatable bonds is 2. The fourth-order valence-corrected chi connectivity index (χ4v) is 2.44. The maximum atomic E-state index is 12.6. The standard InChI is InChI=1S/C16H9ClF3NOS/c17-12-7-3-9(4-8-12)13-14(22-15(23)21-13)10-1-5-11(6-2-10)16(18,19)20/h1-8H,(H,21,23). The molecule has 118 valence electrons. The van der Waals surface area contributed by atoms with Gasteiger partial charge in [0.05, 0.1) is 5.56 Å². The summed E-state index contributed by atoms with van der Waals surface area (Å²) in [6.07, 6.45) is -4.38. The largest absolute Gasteiger partial charge is 0.431 e. The van der Waals surface area contributed by atoms with E-state index in [1.165, 1.54) is 12.1 Å². The summed E-state index contributed by atoms with van der Waals surface area (Å²) in [5.74, 6) is 0.353. The van der Waals surface area contributed by atoms with Crippen molar-refractivity contribution in [2.45, 2.75) is 11.4 Å². The number of alkyl halides is 3. The molecule has 0 N–H and O–H groups in total. The van der Waals surface area contributed by atoms with Gasteiger partial charge in [0.25, 0.3) is 5.22 Å². The van der Waals surface area contributed by atoms with Gasteiger partial charge in [-0.3, -0.25) is 0 Å². The van der Waals surface area contributed by atoms with Crippen molar-refractivity contribution in [1.29, 1.82) is 0 Å². The van der Waals surface area contributed by atoms with Gasteiger partial charge in [-0.2, -0.15) is 13.2 Å². The monoisotopic (exact) mass is 355 g/mol. The van der Waals surface area contributed by atoms with Crippen LogP contribution in [-0.2, 0) is 6.18 Å². The van der Waals surface area contributed by atoms with Crippen molar-refractivity contribution >= 4 is 24.2 Å². The highest BCUT2D eigenvalue weighted by Gasteiger charge is 2.30. The normalized spacial score (nSPS) is 11.7. The van der Waals surface area contributed by atoms with Crippen molar-refractivity contribution in [3.8, 4) is 22.6 Å². The Morgan fingerprint density at radius 1 is 0.913 bits per heavy atom. The number of benzene rings is 2. The van der Waals surface area contributed by atoms with Crippen LogP contribution in [0.4, 0.5) is 13.2 Å². The van der Waals surface area contributed by atoms with E-state index < -0.39 is 11.7 Å². The van der Waals surface area contributed by atoms with Crippen molar-refractivity contribution in [3.63, 3.8) is 0 Å². The van der Waals surface area contributed by atoms with Gasteiger partial charge in [-0.05, 0) is 24.3 Å². The van der Waals surface area contributed by atoms with Crippen molar-refractivity contribution in [3.05, 3.63) is 59.1 Å². The van der Waals surface area contributed by atoms with Gasteiger partial charge < -0.3 is 4.42 Å². The summed E-state index contributed by atoms with van der Waals surface area (Å²) in [4.78, 5) is 4.19. The summed E-state index contributed by atoms with van der Waals surface area (Å²) in [7, 11) is 0. The van der Waals surface area contributed by atoms with Gasteiger partial charge in [0.15, 0.2) is 5.76 Å². The Bertz CT molecular complexity index is 826. The minimum absolute atomic E-state index is 0.129. The van der Waals surface area contributed by atoms with Crippen LogP contribution in [0.2, 0.25) is 5.02 Å². The lowest BCUT2D eigenvalue weighted by Crippen LogP contribution is -2.03. The second kappa shape index (κ2) is 5.94. The minimum atomic E-state index is -4.38. The van der Waals surface area contributed by atoms with Gasteiger partial charge >= 0.3 is 6.18 Å². The Morgan fingerprint density at radius 3 is 2.04 bits per heavy atom. The third-order valence-corrected chi connectivity index (χ3v) is 3.65. The molecule has 0 saturated heterocycles. The number of oxazole rings is 1. The zero-order valence-corrected chi connectivity index (χ0v) is 13.1. The number of nitrogens with zero attached hydrogens (tertiary/aromatic N) is 1. The van der Waals surface area contributed by atoms with Gasteiger partial charge in [0, 0.05) is 16.1 Å². The highest BCUT2D eigenvalue weighted by molar-refractivity contribution is 7.80. The molecule has 3 rings (SSSR count). The van der Waals surface area contributed by atoms with Crippen molar-refractivity contribution in [2.75, 3.05) is 0 Å². The first-order valence-corrected chi connectivity index (χ1v) is 7.30. The molecule has 0 radical (unpaired) electrons. The molecule has 1 heterocycles. The molecule has 0 atom stereocenters. The number of hydrogen-bond acceptors (Lipinski definition) is 3. The highest BCUT2D eigenvalue weighted by atomic mass is 35.5. The summed E-state index contributed by atoms with van der Waals surface area (Å²) in [6, 6.07) is 11.6. The molecule has 1 aromatic heterocycles. The van der Waals surface area contributed by atoms with E-state index in [4.69, 9.17) is 16.0 Å². The summed E-state index contributed by atoms with van der Waals surface area (Å²) in [5.41, 5.74) is 0.982. The molecule has 0 amide bonds. The third kappa shape index (κ3) is 3.38. The predicted octanol–water partition coefficient (Wildman–Crippen LogP) is 5.97. The van der Waals surface area contributed by atoms with Crippen LogP contribution in [0.5, 0.6) is 0 Å². The Kier molecular flexibility index (Phi) is 4.12. The Labute approximate surface area is 140 Å². The summed E-state index contributed by atoms with van der Waals surface area (Å²) < 4.78 is 43.4. The van der Waals surface area contributed by atoms with E-state index >= 15 is 0 Å². The van der Waals surface area contributed by atoms with Gasteiger partial charge in [0.2, 0.25) is 0 Å². The predicted molar refractivity (Wildman–Crippen MR) is 84.6 cm³/mol. The zero-order chi connectivity index (χ0) is 16.6. The van der Waals surface area contributed by atoms with Gasteiger partial charge in [-0.15, -0.1) is 0 Å². The van der Waals surface area contributed by atoms with Crippen molar-refractivity contribution in [1.82, 2.24) is 4.98 Å².